The van der Waals surface area contributed by atoms with Crippen molar-refractivity contribution >= 4 is 16.8 Å². The predicted octanol–water partition coefficient (Wildman–Crippen LogP) is 2.64. The molecule has 1 saturated heterocycles. The Balaban J connectivity index is 1.64. The zero-order valence-corrected chi connectivity index (χ0v) is 13.3. The van der Waals surface area contributed by atoms with E-state index in [2.05, 4.69) is 30.1 Å². The number of rotatable bonds is 3. The Morgan fingerprint density at radius 2 is 2.27 bits per heavy atom. The highest BCUT2D eigenvalue weighted by atomic mass is 16.3. The number of amides is 1. The number of benzene rings is 1. The molecule has 0 radical (unpaired) electrons. The van der Waals surface area contributed by atoms with Gasteiger partial charge in [0.1, 0.15) is 0 Å². The van der Waals surface area contributed by atoms with E-state index in [0.29, 0.717) is 18.9 Å². The highest BCUT2D eigenvalue weighted by Crippen LogP contribution is 2.22. The number of likely N-dealkylation sites (tertiary alicyclic amines) is 1. The van der Waals surface area contributed by atoms with Gasteiger partial charge in [0, 0.05) is 36.6 Å². The van der Waals surface area contributed by atoms with Gasteiger partial charge in [-0.1, -0.05) is 18.6 Å². The first-order chi connectivity index (χ1) is 10.5. The first-order valence-corrected chi connectivity index (χ1v) is 8.07. The van der Waals surface area contributed by atoms with E-state index in [0.717, 1.165) is 24.9 Å². The Morgan fingerprint density at radius 3 is 3.05 bits per heavy atom. The van der Waals surface area contributed by atoms with Crippen LogP contribution in [0.3, 0.4) is 0 Å². The summed E-state index contributed by atoms with van der Waals surface area (Å²) < 4.78 is 0. The second-order valence-corrected chi connectivity index (χ2v) is 6.54. The third-order valence-electron chi connectivity index (χ3n) is 4.80. The molecule has 2 unspecified atom stereocenters. The SMILES string of the molecule is Cc1ccc2[nH]cc(CCC(=O)N3CCC(C)C(O)C3)c2c1. The fourth-order valence-electron chi connectivity index (χ4n) is 3.17. The maximum Gasteiger partial charge on any atom is 0.222 e. The molecule has 1 fully saturated rings. The highest BCUT2D eigenvalue weighted by Gasteiger charge is 2.26. The number of carbonyl (C=O) groups excluding carboxylic acids is 1. The number of carbonyl (C=O) groups is 1. The van der Waals surface area contributed by atoms with Crippen LogP contribution in [0.5, 0.6) is 0 Å². The van der Waals surface area contributed by atoms with E-state index in [4.69, 9.17) is 0 Å². The van der Waals surface area contributed by atoms with Crippen molar-refractivity contribution < 1.29 is 9.90 Å². The van der Waals surface area contributed by atoms with Crippen LogP contribution in [0, 0.1) is 12.8 Å². The van der Waals surface area contributed by atoms with Crippen LogP contribution < -0.4 is 0 Å². The van der Waals surface area contributed by atoms with Crippen molar-refractivity contribution in [2.75, 3.05) is 13.1 Å². The van der Waals surface area contributed by atoms with Crippen LogP contribution in [0.4, 0.5) is 0 Å². The van der Waals surface area contributed by atoms with Crippen LogP contribution >= 0.6 is 0 Å². The average molecular weight is 300 g/mol. The van der Waals surface area contributed by atoms with Crippen LogP contribution in [-0.2, 0) is 11.2 Å². The molecule has 3 rings (SSSR count). The number of aromatic amines is 1. The maximum atomic E-state index is 12.4. The van der Waals surface area contributed by atoms with Gasteiger partial charge in [0.25, 0.3) is 0 Å². The molecule has 2 atom stereocenters. The molecule has 0 bridgehead atoms. The number of hydrogen-bond acceptors (Lipinski definition) is 2. The fourth-order valence-corrected chi connectivity index (χ4v) is 3.17. The minimum absolute atomic E-state index is 0.146. The Kier molecular flexibility index (Phi) is 4.21. The van der Waals surface area contributed by atoms with Gasteiger partial charge in [-0.2, -0.15) is 0 Å². The summed E-state index contributed by atoms with van der Waals surface area (Å²) in [5, 5.41) is 11.1. The summed E-state index contributed by atoms with van der Waals surface area (Å²) in [7, 11) is 0. The molecular formula is C18H24N2O2. The molecule has 0 saturated carbocycles. The van der Waals surface area contributed by atoms with Crippen molar-refractivity contribution in [3.8, 4) is 0 Å². The smallest absolute Gasteiger partial charge is 0.222 e. The van der Waals surface area contributed by atoms with Crippen molar-refractivity contribution in [2.24, 2.45) is 5.92 Å². The summed E-state index contributed by atoms with van der Waals surface area (Å²) in [5.74, 6) is 0.439. The van der Waals surface area contributed by atoms with E-state index in [1.165, 1.54) is 16.5 Å². The van der Waals surface area contributed by atoms with Crippen molar-refractivity contribution in [1.29, 1.82) is 0 Å². The number of fused-ring (bicyclic) bond motifs is 1. The molecular weight excluding hydrogens is 276 g/mol. The predicted molar refractivity (Wildman–Crippen MR) is 87.7 cm³/mol. The standard InChI is InChI=1S/C18H24N2O2/c1-12-3-5-16-15(9-12)14(10-19-16)4-6-18(22)20-8-7-13(2)17(21)11-20/h3,5,9-10,13,17,19,21H,4,6-8,11H2,1-2H3. The van der Waals surface area contributed by atoms with Gasteiger partial charge >= 0.3 is 0 Å². The largest absolute Gasteiger partial charge is 0.391 e. The Hall–Kier alpha value is -1.81. The van der Waals surface area contributed by atoms with Crippen LogP contribution in [0.25, 0.3) is 10.9 Å². The number of piperidine rings is 1. The van der Waals surface area contributed by atoms with Gasteiger partial charge in [-0.3, -0.25) is 4.79 Å². The lowest BCUT2D eigenvalue weighted by atomic mass is 9.95. The lowest BCUT2D eigenvalue weighted by molar-refractivity contribution is -0.135. The summed E-state index contributed by atoms with van der Waals surface area (Å²) in [6.07, 6.45) is 3.75. The molecule has 1 amide bonds. The monoisotopic (exact) mass is 300 g/mol. The lowest BCUT2D eigenvalue weighted by Crippen LogP contribution is -2.45. The van der Waals surface area contributed by atoms with E-state index in [1.807, 2.05) is 18.0 Å². The topological polar surface area (TPSA) is 56.3 Å². The molecule has 118 valence electrons. The quantitative estimate of drug-likeness (QED) is 0.915. The number of hydrogen-bond donors (Lipinski definition) is 2. The van der Waals surface area contributed by atoms with Crippen molar-refractivity contribution in [2.45, 2.75) is 39.2 Å². The first-order valence-electron chi connectivity index (χ1n) is 8.07. The molecule has 22 heavy (non-hydrogen) atoms. The van der Waals surface area contributed by atoms with Gasteiger partial charge in [0.15, 0.2) is 0 Å². The molecule has 2 aromatic rings. The molecule has 1 aromatic heterocycles. The molecule has 1 aliphatic rings. The number of aliphatic hydroxyl groups is 1. The second-order valence-electron chi connectivity index (χ2n) is 6.54. The summed E-state index contributed by atoms with van der Waals surface area (Å²) in [6, 6.07) is 6.33. The molecule has 0 aliphatic carbocycles. The number of H-pyrrole nitrogens is 1. The highest BCUT2D eigenvalue weighted by molar-refractivity contribution is 5.85. The van der Waals surface area contributed by atoms with Gasteiger partial charge in [0.2, 0.25) is 5.91 Å². The molecule has 0 spiro atoms. The van der Waals surface area contributed by atoms with E-state index < -0.39 is 0 Å². The molecule has 1 aliphatic heterocycles. The van der Waals surface area contributed by atoms with E-state index >= 15 is 0 Å². The Morgan fingerprint density at radius 1 is 1.45 bits per heavy atom. The molecule has 2 N–H and O–H groups in total. The lowest BCUT2D eigenvalue weighted by Gasteiger charge is -2.34. The van der Waals surface area contributed by atoms with E-state index in [1.54, 1.807) is 0 Å². The minimum atomic E-state index is -0.381. The van der Waals surface area contributed by atoms with Gasteiger partial charge in [0.05, 0.1) is 6.10 Å². The second kappa shape index (κ2) is 6.13. The maximum absolute atomic E-state index is 12.4. The Labute approximate surface area is 131 Å². The molecule has 1 aromatic carbocycles. The summed E-state index contributed by atoms with van der Waals surface area (Å²) in [4.78, 5) is 17.4. The van der Waals surface area contributed by atoms with Crippen LogP contribution in [0.1, 0.15) is 30.9 Å². The number of nitrogens with zero attached hydrogens (tertiary/aromatic N) is 1. The number of β-amino-alcohol motifs (C(OH)–C–C–N with tert-alkyl or cyclic N) is 1. The molecule has 4 heteroatoms. The molecule has 2 heterocycles. The van der Waals surface area contributed by atoms with E-state index in [9.17, 15) is 9.90 Å². The van der Waals surface area contributed by atoms with Crippen molar-refractivity contribution in [1.82, 2.24) is 9.88 Å². The summed E-state index contributed by atoms with van der Waals surface area (Å²) >= 11 is 0. The normalized spacial score (nSPS) is 22.2. The van der Waals surface area contributed by atoms with E-state index in [-0.39, 0.29) is 12.0 Å². The number of nitrogens with one attached hydrogen (secondary N) is 1. The fraction of sp³-hybridized carbons (Fsp3) is 0.500. The minimum Gasteiger partial charge on any atom is -0.391 e. The Bertz CT molecular complexity index is 677. The van der Waals surface area contributed by atoms with Gasteiger partial charge in [-0.15, -0.1) is 0 Å². The van der Waals surface area contributed by atoms with Crippen molar-refractivity contribution in [3.05, 3.63) is 35.5 Å². The number of aryl methyl sites for hydroxylation is 2. The van der Waals surface area contributed by atoms with Gasteiger partial charge in [-0.05, 0) is 43.4 Å². The first kappa shape index (κ1) is 15.1. The number of aliphatic hydroxyl groups excluding tert-OH is 1. The zero-order chi connectivity index (χ0) is 15.7. The van der Waals surface area contributed by atoms with Crippen LogP contribution in [-0.4, -0.2) is 40.1 Å². The van der Waals surface area contributed by atoms with Crippen LogP contribution in [0.2, 0.25) is 0 Å². The number of aromatic nitrogens is 1. The van der Waals surface area contributed by atoms with Gasteiger partial charge < -0.3 is 15.0 Å². The summed E-state index contributed by atoms with van der Waals surface area (Å²) in [5.41, 5.74) is 3.54. The summed E-state index contributed by atoms with van der Waals surface area (Å²) in [6.45, 7) is 5.37. The third-order valence-corrected chi connectivity index (χ3v) is 4.80. The third kappa shape index (κ3) is 3.02. The van der Waals surface area contributed by atoms with Crippen LogP contribution in [0.15, 0.2) is 24.4 Å². The van der Waals surface area contributed by atoms with Crippen molar-refractivity contribution in [3.63, 3.8) is 0 Å². The van der Waals surface area contributed by atoms with Gasteiger partial charge in [-0.25, -0.2) is 0 Å². The molecule has 4 nitrogen and oxygen atoms in total. The average Bonchev–Trinajstić information content (AvgIpc) is 2.90. The zero-order valence-electron chi connectivity index (χ0n) is 13.3.